The van der Waals surface area contributed by atoms with E-state index in [1.807, 2.05) is 0 Å². The average molecular weight is 335 g/mol. The second-order valence-electron chi connectivity index (χ2n) is 5.35. The van der Waals surface area contributed by atoms with E-state index in [-0.39, 0.29) is 0 Å². The molecule has 0 saturated carbocycles. The molecule has 0 aliphatic heterocycles. The molecule has 0 saturated heterocycles. The summed E-state index contributed by atoms with van der Waals surface area (Å²) in [6.07, 6.45) is 1.09. The van der Waals surface area contributed by atoms with Crippen molar-refractivity contribution < 1.29 is 0 Å². The van der Waals surface area contributed by atoms with Crippen LogP contribution in [0.3, 0.4) is 0 Å². The van der Waals surface area contributed by atoms with Crippen LogP contribution in [0.1, 0.15) is 41.9 Å². The maximum atomic E-state index is 3.67. The SMILES string of the molecule is CCC(NCc1cc(C)n(C)c1C)c1ccc(Br)cc1. The lowest BCUT2D eigenvalue weighted by Crippen LogP contribution is -2.20. The highest BCUT2D eigenvalue weighted by atomic mass is 79.9. The Balaban J connectivity index is 2.07. The molecule has 0 aliphatic rings. The van der Waals surface area contributed by atoms with Gasteiger partial charge in [0.15, 0.2) is 0 Å². The van der Waals surface area contributed by atoms with Crippen LogP contribution in [0.2, 0.25) is 0 Å². The average Bonchev–Trinajstić information content (AvgIpc) is 2.69. The standard InChI is InChI=1S/C17H23BrN2/c1-5-17(14-6-8-16(18)9-7-14)19-11-15-10-12(2)20(4)13(15)3/h6-10,17,19H,5,11H2,1-4H3. The molecule has 0 aliphatic carbocycles. The fraction of sp³-hybridized carbons (Fsp3) is 0.412. The van der Waals surface area contributed by atoms with E-state index in [0.717, 1.165) is 17.4 Å². The minimum absolute atomic E-state index is 0.406. The maximum Gasteiger partial charge on any atom is 0.0320 e. The van der Waals surface area contributed by atoms with Gasteiger partial charge in [-0.3, -0.25) is 0 Å². The molecule has 108 valence electrons. The molecule has 1 aromatic carbocycles. The van der Waals surface area contributed by atoms with Gasteiger partial charge in [-0.25, -0.2) is 0 Å². The summed E-state index contributed by atoms with van der Waals surface area (Å²) in [5, 5.41) is 3.67. The summed E-state index contributed by atoms with van der Waals surface area (Å²) in [6, 6.07) is 11.3. The van der Waals surface area contributed by atoms with Gasteiger partial charge in [0.1, 0.15) is 0 Å². The number of nitrogens with one attached hydrogen (secondary N) is 1. The van der Waals surface area contributed by atoms with E-state index in [1.165, 1.54) is 22.5 Å². The van der Waals surface area contributed by atoms with E-state index >= 15 is 0 Å². The van der Waals surface area contributed by atoms with E-state index in [2.05, 4.69) is 84.0 Å². The Labute approximate surface area is 130 Å². The summed E-state index contributed by atoms with van der Waals surface area (Å²) in [5.41, 5.74) is 5.40. The molecule has 0 amide bonds. The molecule has 0 bridgehead atoms. The van der Waals surface area contributed by atoms with Crippen molar-refractivity contribution in [1.29, 1.82) is 0 Å². The van der Waals surface area contributed by atoms with Gasteiger partial charge in [0.25, 0.3) is 0 Å². The summed E-state index contributed by atoms with van der Waals surface area (Å²) in [6.45, 7) is 7.48. The van der Waals surface area contributed by atoms with Crippen LogP contribution in [-0.4, -0.2) is 4.57 Å². The first-order valence-electron chi connectivity index (χ1n) is 7.13. The van der Waals surface area contributed by atoms with Crippen LogP contribution < -0.4 is 5.32 Å². The summed E-state index contributed by atoms with van der Waals surface area (Å²) < 4.78 is 3.38. The fourth-order valence-electron chi connectivity index (χ4n) is 2.54. The molecule has 1 N–H and O–H groups in total. The minimum Gasteiger partial charge on any atom is -0.352 e. The first-order valence-corrected chi connectivity index (χ1v) is 7.92. The van der Waals surface area contributed by atoms with Crippen molar-refractivity contribution in [2.24, 2.45) is 7.05 Å². The van der Waals surface area contributed by atoms with Crippen molar-refractivity contribution in [3.05, 3.63) is 57.3 Å². The van der Waals surface area contributed by atoms with Crippen LogP contribution in [0.4, 0.5) is 0 Å². The lowest BCUT2D eigenvalue weighted by molar-refractivity contribution is 0.517. The Hall–Kier alpha value is -1.06. The van der Waals surface area contributed by atoms with Gasteiger partial charge >= 0.3 is 0 Å². The van der Waals surface area contributed by atoms with Crippen molar-refractivity contribution in [1.82, 2.24) is 9.88 Å². The highest BCUT2D eigenvalue weighted by Gasteiger charge is 2.11. The molecular weight excluding hydrogens is 312 g/mol. The predicted octanol–water partition coefficient (Wildman–Crippen LogP) is 4.65. The molecule has 1 heterocycles. The van der Waals surface area contributed by atoms with Crippen LogP contribution in [0.5, 0.6) is 0 Å². The minimum atomic E-state index is 0.406. The molecule has 0 spiro atoms. The van der Waals surface area contributed by atoms with Crippen molar-refractivity contribution in [2.45, 2.75) is 39.8 Å². The van der Waals surface area contributed by atoms with Crippen LogP contribution >= 0.6 is 15.9 Å². The second kappa shape index (κ2) is 6.59. The number of hydrogen-bond acceptors (Lipinski definition) is 1. The number of hydrogen-bond donors (Lipinski definition) is 1. The Morgan fingerprint density at radius 1 is 1.20 bits per heavy atom. The van der Waals surface area contributed by atoms with E-state index in [0.29, 0.717) is 6.04 Å². The molecule has 0 fully saturated rings. The van der Waals surface area contributed by atoms with E-state index in [1.54, 1.807) is 0 Å². The number of aromatic nitrogens is 1. The first kappa shape index (κ1) is 15.3. The van der Waals surface area contributed by atoms with Crippen LogP contribution in [0.25, 0.3) is 0 Å². The highest BCUT2D eigenvalue weighted by Crippen LogP contribution is 2.21. The lowest BCUT2D eigenvalue weighted by atomic mass is 10.0. The third kappa shape index (κ3) is 3.33. The number of benzene rings is 1. The zero-order valence-electron chi connectivity index (χ0n) is 12.7. The fourth-order valence-corrected chi connectivity index (χ4v) is 2.80. The number of rotatable bonds is 5. The third-order valence-electron chi connectivity index (χ3n) is 4.10. The van der Waals surface area contributed by atoms with Gasteiger partial charge in [0.05, 0.1) is 0 Å². The van der Waals surface area contributed by atoms with E-state index < -0.39 is 0 Å². The molecule has 2 aromatic rings. The Morgan fingerprint density at radius 3 is 2.35 bits per heavy atom. The summed E-state index contributed by atoms with van der Waals surface area (Å²) in [7, 11) is 2.13. The smallest absolute Gasteiger partial charge is 0.0320 e. The monoisotopic (exact) mass is 334 g/mol. The molecule has 3 heteroatoms. The summed E-state index contributed by atoms with van der Waals surface area (Å²) in [4.78, 5) is 0. The third-order valence-corrected chi connectivity index (χ3v) is 4.63. The number of halogens is 1. The topological polar surface area (TPSA) is 17.0 Å². The van der Waals surface area contributed by atoms with Crippen molar-refractivity contribution in [3.63, 3.8) is 0 Å². The Morgan fingerprint density at radius 2 is 1.85 bits per heavy atom. The van der Waals surface area contributed by atoms with Gasteiger partial charge in [-0.15, -0.1) is 0 Å². The molecule has 2 nitrogen and oxygen atoms in total. The van der Waals surface area contributed by atoms with Crippen LogP contribution in [-0.2, 0) is 13.6 Å². The molecule has 1 atom stereocenters. The number of aryl methyl sites for hydroxylation is 1. The summed E-state index contributed by atoms with van der Waals surface area (Å²) >= 11 is 3.49. The molecular formula is C17H23BrN2. The molecule has 1 unspecified atom stereocenters. The van der Waals surface area contributed by atoms with Crippen LogP contribution in [0.15, 0.2) is 34.8 Å². The van der Waals surface area contributed by atoms with Crippen molar-refractivity contribution in [2.75, 3.05) is 0 Å². The van der Waals surface area contributed by atoms with Crippen LogP contribution in [0, 0.1) is 13.8 Å². The van der Waals surface area contributed by atoms with Gasteiger partial charge in [-0.1, -0.05) is 35.0 Å². The molecule has 2 rings (SSSR count). The van der Waals surface area contributed by atoms with Gasteiger partial charge in [0, 0.05) is 35.5 Å². The lowest BCUT2D eigenvalue weighted by Gasteiger charge is -2.17. The summed E-state index contributed by atoms with van der Waals surface area (Å²) in [5.74, 6) is 0. The number of nitrogens with zero attached hydrogens (tertiary/aromatic N) is 1. The van der Waals surface area contributed by atoms with Gasteiger partial charge in [0.2, 0.25) is 0 Å². The molecule has 0 radical (unpaired) electrons. The highest BCUT2D eigenvalue weighted by molar-refractivity contribution is 9.10. The normalized spacial score (nSPS) is 12.7. The Kier molecular flexibility index (Phi) is 5.06. The Bertz CT molecular complexity index is 569. The maximum absolute atomic E-state index is 3.67. The second-order valence-corrected chi connectivity index (χ2v) is 6.26. The largest absolute Gasteiger partial charge is 0.352 e. The van der Waals surface area contributed by atoms with E-state index in [9.17, 15) is 0 Å². The van der Waals surface area contributed by atoms with Gasteiger partial charge in [-0.2, -0.15) is 0 Å². The van der Waals surface area contributed by atoms with Crippen molar-refractivity contribution in [3.8, 4) is 0 Å². The van der Waals surface area contributed by atoms with E-state index in [4.69, 9.17) is 0 Å². The first-order chi connectivity index (χ1) is 9.52. The van der Waals surface area contributed by atoms with Gasteiger partial charge in [-0.05, 0) is 49.6 Å². The van der Waals surface area contributed by atoms with Gasteiger partial charge < -0.3 is 9.88 Å². The zero-order valence-corrected chi connectivity index (χ0v) is 14.3. The zero-order chi connectivity index (χ0) is 14.7. The molecule has 1 aromatic heterocycles. The predicted molar refractivity (Wildman–Crippen MR) is 88.9 cm³/mol. The molecule has 20 heavy (non-hydrogen) atoms. The quantitative estimate of drug-likeness (QED) is 0.842. The van der Waals surface area contributed by atoms with Crippen molar-refractivity contribution >= 4 is 15.9 Å².